The fourth-order valence-corrected chi connectivity index (χ4v) is 4.67. The van der Waals surface area contributed by atoms with Gasteiger partial charge in [-0.3, -0.25) is 15.5 Å². The Balaban J connectivity index is 1.28. The van der Waals surface area contributed by atoms with Crippen LogP contribution in [0.1, 0.15) is 72.8 Å². The number of rotatable bonds is 14. The van der Waals surface area contributed by atoms with Gasteiger partial charge in [0, 0.05) is 18.6 Å². The Morgan fingerprint density at radius 3 is 2.24 bits per heavy atom. The molecule has 41 heavy (non-hydrogen) atoms. The van der Waals surface area contributed by atoms with Crippen molar-refractivity contribution >= 4 is 35.1 Å². The zero-order valence-corrected chi connectivity index (χ0v) is 24.4. The van der Waals surface area contributed by atoms with Gasteiger partial charge < -0.3 is 27.2 Å². The molecule has 0 aliphatic carbocycles. The first kappa shape index (κ1) is 31.8. The highest BCUT2D eigenvalue weighted by molar-refractivity contribution is 6.31. The van der Waals surface area contributed by atoms with Gasteiger partial charge in [0.05, 0.1) is 6.10 Å². The van der Waals surface area contributed by atoms with E-state index in [9.17, 15) is 9.90 Å². The molecule has 1 amide bonds. The SMILES string of the molecule is CC(N[C@@H](C)CCCc1ccc(CCCCNC(=N)NC(=O)c2nc(Cl)c(N)nc2N)cc1)C(O)c1ccccc1. The fourth-order valence-electron chi connectivity index (χ4n) is 4.54. The van der Waals surface area contributed by atoms with Crippen LogP contribution in [-0.2, 0) is 12.8 Å². The van der Waals surface area contributed by atoms with E-state index in [2.05, 4.69) is 57.1 Å². The number of carbonyl (C=O) groups is 1. The summed E-state index contributed by atoms with van der Waals surface area (Å²) < 4.78 is 0. The summed E-state index contributed by atoms with van der Waals surface area (Å²) in [6.45, 7) is 4.73. The van der Waals surface area contributed by atoms with Crippen LogP contribution < -0.4 is 27.4 Å². The average Bonchev–Trinajstić information content (AvgIpc) is 2.95. The van der Waals surface area contributed by atoms with Gasteiger partial charge in [0.25, 0.3) is 5.91 Å². The van der Waals surface area contributed by atoms with Crippen LogP contribution in [-0.4, -0.2) is 45.6 Å². The number of nitrogens with two attached hydrogens (primary N) is 2. The van der Waals surface area contributed by atoms with Crippen LogP contribution in [0.15, 0.2) is 54.6 Å². The number of carbonyl (C=O) groups excluding carboxylic acids is 1. The Bertz CT molecular complexity index is 1270. The number of aromatic nitrogens is 2. The molecule has 0 radical (unpaired) electrons. The maximum absolute atomic E-state index is 12.3. The lowest BCUT2D eigenvalue weighted by atomic mass is 10.0. The first-order chi connectivity index (χ1) is 19.6. The third-order valence-corrected chi connectivity index (χ3v) is 7.12. The zero-order valence-electron chi connectivity index (χ0n) is 23.7. The molecule has 3 atom stereocenters. The number of aliphatic hydroxyl groups is 1. The molecule has 3 rings (SSSR count). The van der Waals surface area contributed by atoms with E-state index < -0.39 is 12.0 Å². The first-order valence-electron chi connectivity index (χ1n) is 13.9. The molecule has 0 saturated heterocycles. The lowest BCUT2D eigenvalue weighted by Crippen LogP contribution is -2.41. The number of hydrogen-bond acceptors (Lipinski definition) is 8. The fraction of sp³-hybridized carbons (Fsp3) is 0.400. The Kier molecular flexibility index (Phi) is 12.3. The van der Waals surface area contributed by atoms with Crippen molar-refractivity contribution in [2.45, 2.75) is 70.6 Å². The van der Waals surface area contributed by atoms with Gasteiger partial charge in [-0.1, -0.05) is 66.2 Å². The Labute approximate surface area is 246 Å². The Morgan fingerprint density at radius 1 is 0.951 bits per heavy atom. The van der Waals surface area contributed by atoms with Crippen LogP contribution in [0.3, 0.4) is 0 Å². The minimum atomic E-state index is -0.684. The van der Waals surface area contributed by atoms with E-state index in [-0.39, 0.29) is 34.5 Å². The molecule has 0 aliphatic heterocycles. The number of guanidine groups is 1. The average molecular weight is 581 g/mol. The molecular weight excluding hydrogens is 540 g/mol. The molecule has 0 bridgehead atoms. The standard InChI is InChI=1S/C30H41ClN8O2/c1-19(36-20(2)25(40)23-12-4-3-5-13-23)9-8-11-22-16-14-21(15-17-22)10-6-7-18-35-30(34)39-29(41)24-27(32)38-28(33)26(31)37-24/h3-5,12-17,19-20,25,36,40H,6-11,18H2,1-2H3,(H4,32,33,38)(H3,34,35,39,41)/t19-,20?,25?/m0/s1. The van der Waals surface area contributed by atoms with Crippen molar-refractivity contribution in [3.8, 4) is 0 Å². The molecule has 0 fully saturated rings. The highest BCUT2D eigenvalue weighted by Gasteiger charge is 2.18. The van der Waals surface area contributed by atoms with Crippen molar-refractivity contribution in [3.63, 3.8) is 0 Å². The number of benzene rings is 2. The second-order valence-corrected chi connectivity index (χ2v) is 10.6. The molecule has 9 N–H and O–H groups in total. The van der Waals surface area contributed by atoms with Gasteiger partial charge in [0.15, 0.2) is 28.4 Å². The molecule has 2 unspecified atom stereocenters. The number of unbranched alkanes of at least 4 members (excludes halogenated alkanes) is 1. The van der Waals surface area contributed by atoms with E-state index >= 15 is 0 Å². The second-order valence-electron chi connectivity index (χ2n) is 10.3. The molecule has 1 heterocycles. The van der Waals surface area contributed by atoms with Crippen LogP contribution in [0.25, 0.3) is 0 Å². The lowest BCUT2D eigenvalue weighted by molar-refractivity contribution is 0.0971. The summed E-state index contributed by atoms with van der Waals surface area (Å²) in [4.78, 5) is 19.9. The molecule has 3 aromatic rings. The summed E-state index contributed by atoms with van der Waals surface area (Å²) in [5.74, 6) is -1.05. The predicted molar refractivity (Wildman–Crippen MR) is 165 cm³/mol. The van der Waals surface area contributed by atoms with Crippen LogP contribution in [0, 0.1) is 5.41 Å². The summed E-state index contributed by atoms with van der Waals surface area (Å²) in [6.07, 6.45) is 5.30. The highest BCUT2D eigenvalue weighted by atomic mass is 35.5. The minimum absolute atomic E-state index is 0.0188. The van der Waals surface area contributed by atoms with Crippen molar-refractivity contribution in [1.29, 1.82) is 5.41 Å². The molecule has 0 aliphatic rings. The Morgan fingerprint density at radius 2 is 1.59 bits per heavy atom. The number of nitrogens with one attached hydrogen (secondary N) is 4. The minimum Gasteiger partial charge on any atom is -0.387 e. The largest absolute Gasteiger partial charge is 0.387 e. The van der Waals surface area contributed by atoms with E-state index in [4.69, 9.17) is 28.5 Å². The smallest absolute Gasteiger partial charge is 0.280 e. The molecule has 10 nitrogen and oxygen atoms in total. The number of aryl methyl sites for hydroxylation is 2. The van der Waals surface area contributed by atoms with Gasteiger partial charge in [-0.2, -0.15) is 0 Å². The summed E-state index contributed by atoms with van der Waals surface area (Å²) in [6, 6.07) is 18.8. The van der Waals surface area contributed by atoms with Crippen LogP contribution >= 0.6 is 11.6 Å². The topological polar surface area (TPSA) is 175 Å². The second kappa shape index (κ2) is 15.9. The summed E-state index contributed by atoms with van der Waals surface area (Å²) in [5.41, 5.74) is 14.5. The van der Waals surface area contributed by atoms with E-state index in [1.54, 1.807) is 0 Å². The highest BCUT2D eigenvalue weighted by Crippen LogP contribution is 2.18. The predicted octanol–water partition coefficient (Wildman–Crippen LogP) is 3.99. The molecule has 0 saturated carbocycles. The number of amides is 1. The van der Waals surface area contributed by atoms with Crippen LogP contribution in [0.5, 0.6) is 0 Å². The van der Waals surface area contributed by atoms with Crippen molar-refractivity contribution in [2.24, 2.45) is 0 Å². The third kappa shape index (κ3) is 10.3. The number of hydrogen-bond donors (Lipinski definition) is 7. The summed E-state index contributed by atoms with van der Waals surface area (Å²) >= 11 is 5.80. The Hall–Kier alpha value is -3.73. The quantitative estimate of drug-likeness (QED) is 0.0850. The number of halogens is 1. The van der Waals surface area contributed by atoms with Gasteiger partial charge in [-0.25, -0.2) is 9.97 Å². The van der Waals surface area contributed by atoms with Crippen LogP contribution in [0.2, 0.25) is 5.15 Å². The maximum Gasteiger partial charge on any atom is 0.280 e. The lowest BCUT2D eigenvalue weighted by Gasteiger charge is -2.24. The normalized spacial score (nSPS) is 13.3. The number of aliphatic hydroxyl groups excluding tert-OH is 1. The van der Waals surface area contributed by atoms with Crippen molar-refractivity contribution in [1.82, 2.24) is 25.9 Å². The van der Waals surface area contributed by atoms with Crippen molar-refractivity contribution in [3.05, 3.63) is 82.1 Å². The molecule has 220 valence electrons. The van der Waals surface area contributed by atoms with Gasteiger partial charge >= 0.3 is 0 Å². The summed E-state index contributed by atoms with van der Waals surface area (Å²) in [5, 5.41) is 27.1. The van der Waals surface area contributed by atoms with E-state index in [1.165, 1.54) is 11.1 Å². The molecule has 0 spiro atoms. The van der Waals surface area contributed by atoms with E-state index in [1.807, 2.05) is 37.3 Å². The monoisotopic (exact) mass is 580 g/mol. The van der Waals surface area contributed by atoms with Gasteiger partial charge in [-0.05, 0) is 69.1 Å². The van der Waals surface area contributed by atoms with Gasteiger partial charge in [-0.15, -0.1) is 0 Å². The zero-order chi connectivity index (χ0) is 29.8. The molecule has 11 heteroatoms. The molecule has 1 aromatic heterocycles. The summed E-state index contributed by atoms with van der Waals surface area (Å²) in [7, 11) is 0. The van der Waals surface area contributed by atoms with Crippen LogP contribution in [0.4, 0.5) is 11.6 Å². The maximum atomic E-state index is 12.3. The van der Waals surface area contributed by atoms with E-state index in [0.717, 1.165) is 44.1 Å². The number of nitrogens with zero attached hydrogens (tertiary/aromatic N) is 2. The van der Waals surface area contributed by atoms with Gasteiger partial charge in [0.2, 0.25) is 0 Å². The molecule has 2 aromatic carbocycles. The van der Waals surface area contributed by atoms with E-state index in [0.29, 0.717) is 12.6 Å². The number of anilines is 2. The third-order valence-electron chi connectivity index (χ3n) is 6.84. The van der Waals surface area contributed by atoms with Crippen molar-refractivity contribution in [2.75, 3.05) is 18.0 Å². The number of nitrogen functional groups attached to an aromatic ring is 2. The van der Waals surface area contributed by atoms with Gasteiger partial charge in [0.1, 0.15) is 0 Å². The first-order valence-corrected chi connectivity index (χ1v) is 14.3. The molecular formula is C30H41ClN8O2. The van der Waals surface area contributed by atoms with Crippen molar-refractivity contribution < 1.29 is 9.90 Å².